The van der Waals surface area contributed by atoms with E-state index in [1.807, 2.05) is 11.8 Å². The van der Waals surface area contributed by atoms with Crippen LogP contribution in [0.4, 0.5) is 0 Å². The lowest BCUT2D eigenvalue weighted by atomic mass is 9.71. The number of aliphatic hydroxyl groups is 1. The van der Waals surface area contributed by atoms with Gasteiger partial charge in [-0.05, 0) is 38.4 Å². The first-order valence-corrected chi connectivity index (χ1v) is 8.89. The lowest BCUT2D eigenvalue weighted by Gasteiger charge is -2.47. The van der Waals surface area contributed by atoms with Crippen molar-refractivity contribution in [1.82, 2.24) is 9.88 Å². The average molecular weight is 326 g/mol. The molecule has 3 rings (SSSR count). The van der Waals surface area contributed by atoms with Crippen LogP contribution in [0.25, 0.3) is 0 Å². The van der Waals surface area contributed by atoms with Crippen LogP contribution in [0.5, 0.6) is 0 Å². The molecule has 0 radical (unpaired) electrons. The maximum absolute atomic E-state index is 12.5. The molecule has 116 valence electrons. The summed E-state index contributed by atoms with van der Waals surface area (Å²) in [5.74, 6) is 0.422. The summed E-state index contributed by atoms with van der Waals surface area (Å²) in [7, 11) is 0. The van der Waals surface area contributed by atoms with Gasteiger partial charge in [0, 0.05) is 29.6 Å². The Labute approximate surface area is 134 Å². The molecular formula is C15H22N2O2S2. The zero-order valence-corrected chi connectivity index (χ0v) is 14.0. The number of hydrogen-bond donors (Lipinski definition) is 2. The summed E-state index contributed by atoms with van der Waals surface area (Å²) in [5.41, 5.74) is 0.486. The summed E-state index contributed by atoms with van der Waals surface area (Å²) in [6, 6.07) is 0. The zero-order valence-electron chi connectivity index (χ0n) is 12.4. The number of likely N-dealkylation sites (tertiary alicyclic amines) is 1. The Kier molecular flexibility index (Phi) is 4.21. The molecule has 1 aromatic heterocycles. The average Bonchev–Trinajstić information content (AvgIpc) is 2.75. The molecule has 0 aromatic carbocycles. The van der Waals surface area contributed by atoms with Gasteiger partial charge in [0.2, 0.25) is 5.91 Å². The molecule has 1 saturated heterocycles. The smallest absolute Gasteiger partial charge is 0.227 e. The maximum atomic E-state index is 12.5. The summed E-state index contributed by atoms with van der Waals surface area (Å²) in [5, 5.41) is 10.7. The predicted octanol–water partition coefficient (Wildman–Crippen LogP) is 2.81. The van der Waals surface area contributed by atoms with Crippen LogP contribution in [0.2, 0.25) is 0 Å². The number of aromatic nitrogens is 1. The summed E-state index contributed by atoms with van der Waals surface area (Å²) in [6.45, 7) is 3.36. The first-order valence-electron chi connectivity index (χ1n) is 7.67. The molecule has 2 atom stereocenters. The molecule has 6 heteroatoms. The van der Waals surface area contributed by atoms with E-state index < -0.39 is 5.60 Å². The van der Waals surface area contributed by atoms with E-state index in [1.54, 1.807) is 0 Å². The monoisotopic (exact) mass is 326 g/mol. The Morgan fingerprint density at radius 1 is 1.52 bits per heavy atom. The van der Waals surface area contributed by atoms with Crippen LogP contribution in [-0.4, -0.2) is 39.6 Å². The van der Waals surface area contributed by atoms with Crippen LogP contribution in [0.3, 0.4) is 0 Å². The van der Waals surface area contributed by atoms with Crippen molar-refractivity contribution in [2.45, 2.75) is 51.0 Å². The minimum Gasteiger partial charge on any atom is -0.389 e. The van der Waals surface area contributed by atoms with Gasteiger partial charge >= 0.3 is 0 Å². The number of H-pyrrole nitrogens is 1. The zero-order chi connectivity index (χ0) is 15.0. The van der Waals surface area contributed by atoms with Crippen molar-refractivity contribution in [2.75, 3.05) is 13.1 Å². The third kappa shape index (κ3) is 3.07. The molecule has 1 aliphatic carbocycles. The number of rotatable bonds is 2. The normalized spacial score (nSPS) is 29.2. The fourth-order valence-electron chi connectivity index (χ4n) is 3.65. The number of piperidine rings is 1. The number of nitrogens with zero attached hydrogens (tertiary/aromatic N) is 1. The van der Waals surface area contributed by atoms with E-state index in [2.05, 4.69) is 4.98 Å². The van der Waals surface area contributed by atoms with Gasteiger partial charge in [-0.1, -0.05) is 12.8 Å². The van der Waals surface area contributed by atoms with Crippen LogP contribution >= 0.6 is 23.6 Å². The van der Waals surface area contributed by atoms with E-state index in [9.17, 15) is 9.90 Å². The highest BCUT2D eigenvalue weighted by Gasteiger charge is 2.43. The molecule has 2 heterocycles. The summed E-state index contributed by atoms with van der Waals surface area (Å²) >= 11 is 6.62. The van der Waals surface area contributed by atoms with E-state index in [-0.39, 0.29) is 11.8 Å². The number of aromatic amines is 1. The van der Waals surface area contributed by atoms with Crippen LogP contribution < -0.4 is 0 Å². The van der Waals surface area contributed by atoms with Crippen LogP contribution in [0.15, 0.2) is 0 Å². The first-order chi connectivity index (χ1) is 9.98. The summed E-state index contributed by atoms with van der Waals surface area (Å²) < 4.78 is 0.732. The van der Waals surface area contributed by atoms with E-state index in [0.717, 1.165) is 40.2 Å². The molecule has 2 aliphatic rings. The molecule has 0 bridgehead atoms. The lowest BCUT2D eigenvalue weighted by Crippen LogP contribution is -2.54. The molecule has 2 fully saturated rings. The number of carbonyl (C=O) groups is 1. The minimum absolute atomic E-state index is 0.163. The quantitative estimate of drug-likeness (QED) is 0.822. The highest BCUT2D eigenvalue weighted by molar-refractivity contribution is 7.73. The van der Waals surface area contributed by atoms with Gasteiger partial charge in [0.05, 0.1) is 12.0 Å². The maximum Gasteiger partial charge on any atom is 0.227 e. The van der Waals surface area contributed by atoms with Gasteiger partial charge in [-0.2, -0.15) is 0 Å². The molecule has 1 aliphatic heterocycles. The highest BCUT2D eigenvalue weighted by Crippen LogP contribution is 2.39. The lowest BCUT2D eigenvalue weighted by molar-refractivity contribution is -0.142. The molecular weight excluding hydrogens is 304 g/mol. The Morgan fingerprint density at radius 2 is 2.33 bits per heavy atom. The molecule has 1 amide bonds. The SMILES string of the molecule is Cc1[nH]c(=S)sc1CC(=O)N1CC[C@@]2(O)CCCC[C@H]2C1. The van der Waals surface area contributed by atoms with Gasteiger partial charge < -0.3 is 15.0 Å². The van der Waals surface area contributed by atoms with Gasteiger partial charge in [-0.3, -0.25) is 4.79 Å². The van der Waals surface area contributed by atoms with Crippen LogP contribution in [0, 0.1) is 16.8 Å². The number of thiazole rings is 1. The standard InChI is InChI=1S/C15H22N2O2S2/c1-10-12(21-14(20)16-10)8-13(18)17-7-6-15(19)5-3-2-4-11(15)9-17/h11,19H,2-9H2,1H3,(H,16,20)/t11-,15-/m0/s1. The van der Waals surface area contributed by atoms with Gasteiger partial charge in [0.25, 0.3) is 0 Å². The summed E-state index contributed by atoms with van der Waals surface area (Å²) in [6.07, 6.45) is 5.39. The van der Waals surface area contributed by atoms with Crippen molar-refractivity contribution >= 4 is 29.5 Å². The third-order valence-electron chi connectivity index (χ3n) is 5.02. The van der Waals surface area contributed by atoms with Crippen molar-refractivity contribution in [2.24, 2.45) is 5.92 Å². The second-order valence-corrected chi connectivity index (χ2v) is 8.15. The van der Waals surface area contributed by atoms with E-state index in [1.165, 1.54) is 17.8 Å². The molecule has 4 nitrogen and oxygen atoms in total. The van der Waals surface area contributed by atoms with Gasteiger partial charge in [0.15, 0.2) is 3.95 Å². The van der Waals surface area contributed by atoms with Gasteiger partial charge in [0.1, 0.15) is 0 Å². The molecule has 0 unspecified atom stereocenters. The van der Waals surface area contributed by atoms with Crippen molar-refractivity contribution < 1.29 is 9.90 Å². The number of nitrogens with one attached hydrogen (secondary N) is 1. The third-order valence-corrected chi connectivity index (χ3v) is 6.35. The van der Waals surface area contributed by atoms with E-state index in [0.29, 0.717) is 19.5 Å². The van der Waals surface area contributed by atoms with Crippen LogP contribution in [-0.2, 0) is 11.2 Å². The second-order valence-electron chi connectivity index (χ2n) is 6.38. The largest absolute Gasteiger partial charge is 0.389 e. The van der Waals surface area contributed by atoms with Crippen molar-refractivity contribution in [3.05, 3.63) is 14.5 Å². The Morgan fingerprint density at radius 3 is 3.05 bits per heavy atom. The number of amides is 1. The van der Waals surface area contributed by atoms with E-state index in [4.69, 9.17) is 12.2 Å². The Bertz CT molecular complexity index is 595. The number of aryl methyl sites for hydroxylation is 1. The van der Waals surface area contributed by atoms with Gasteiger partial charge in [-0.15, -0.1) is 11.3 Å². The molecule has 1 saturated carbocycles. The van der Waals surface area contributed by atoms with Gasteiger partial charge in [-0.25, -0.2) is 0 Å². The number of hydrogen-bond acceptors (Lipinski definition) is 4. The molecule has 1 aromatic rings. The van der Waals surface area contributed by atoms with Crippen LogP contribution in [0.1, 0.15) is 42.7 Å². The molecule has 21 heavy (non-hydrogen) atoms. The molecule has 0 spiro atoms. The van der Waals surface area contributed by atoms with E-state index >= 15 is 0 Å². The summed E-state index contributed by atoms with van der Waals surface area (Å²) in [4.78, 5) is 18.6. The second kappa shape index (κ2) is 5.82. The Balaban J connectivity index is 1.66. The fraction of sp³-hybridized carbons (Fsp3) is 0.733. The molecule has 2 N–H and O–H groups in total. The first kappa shape index (κ1) is 15.2. The predicted molar refractivity (Wildman–Crippen MR) is 86.0 cm³/mol. The van der Waals surface area contributed by atoms with Crippen molar-refractivity contribution in [1.29, 1.82) is 0 Å². The Hall–Kier alpha value is -0.720. The van der Waals surface area contributed by atoms with Crippen molar-refractivity contribution in [3.63, 3.8) is 0 Å². The number of fused-ring (bicyclic) bond motifs is 1. The minimum atomic E-state index is -0.518. The topological polar surface area (TPSA) is 56.3 Å². The van der Waals surface area contributed by atoms with Crippen molar-refractivity contribution in [3.8, 4) is 0 Å². The fourth-order valence-corrected chi connectivity index (χ4v) is 4.93. The number of carbonyl (C=O) groups excluding carboxylic acids is 1. The highest BCUT2D eigenvalue weighted by atomic mass is 32.1.